The van der Waals surface area contributed by atoms with Crippen molar-refractivity contribution in [1.82, 2.24) is 4.31 Å². The number of hydrogen-bond acceptors (Lipinski definition) is 4. The normalized spacial score (nSPS) is 12.2. The summed E-state index contributed by atoms with van der Waals surface area (Å²) in [7, 11) is -3.61. The second-order valence-corrected chi connectivity index (χ2v) is 8.24. The van der Waals surface area contributed by atoms with Crippen LogP contribution in [0.5, 0.6) is 0 Å². The third-order valence-electron chi connectivity index (χ3n) is 3.04. The molecule has 0 aliphatic carbocycles. The molecule has 2 rings (SSSR count). The number of nitrogens with two attached hydrogens (primary N) is 1. The lowest BCUT2D eigenvalue weighted by Crippen LogP contribution is -2.36. The molecule has 0 aliphatic heterocycles. The van der Waals surface area contributed by atoms with Gasteiger partial charge in [0.15, 0.2) is 0 Å². The Kier molecular flexibility index (Phi) is 4.93. The Bertz CT molecular complexity index is 713. The van der Waals surface area contributed by atoms with Crippen molar-refractivity contribution >= 4 is 38.6 Å². The van der Waals surface area contributed by atoms with Crippen LogP contribution < -0.4 is 5.73 Å². The predicted octanol–water partition coefficient (Wildman–Crippen LogP) is 3.58. The van der Waals surface area contributed by atoms with Gasteiger partial charge in [0.1, 0.15) is 0 Å². The topological polar surface area (TPSA) is 63.4 Å². The van der Waals surface area contributed by atoms with E-state index in [1.54, 1.807) is 0 Å². The molecular formula is C14H17ClN2O2S2. The number of hydrogen-bond donors (Lipinski definition) is 1. The van der Waals surface area contributed by atoms with Gasteiger partial charge in [-0.1, -0.05) is 17.7 Å². The minimum atomic E-state index is -3.61. The van der Waals surface area contributed by atoms with Crippen LogP contribution in [0.2, 0.25) is 5.02 Å². The first-order chi connectivity index (χ1) is 9.82. The predicted molar refractivity (Wildman–Crippen MR) is 88.0 cm³/mol. The molecule has 2 N–H and O–H groups in total. The Morgan fingerprint density at radius 3 is 2.57 bits per heavy atom. The Hall–Kier alpha value is -1.08. The number of anilines is 1. The molecule has 0 radical (unpaired) electrons. The molecule has 1 aromatic heterocycles. The summed E-state index contributed by atoms with van der Waals surface area (Å²) in [5.74, 6) is 0. The van der Waals surface area contributed by atoms with E-state index in [1.165, 1.54) is 33.8 Å². The Morgan fingerprint density at radius 1 is 1.33 bits per heavy atom. The van der Waals surface area contributed by atoms with Crippen molar-refractivity contribution in [1.29, 1.82) is 0 Å². The largest absolute Gasteiger partial charge is 0.397 e. The van der Waals surface area contributed by atoms with E-state index < -0.39 is 10.0 Å². The zero-order chi connectivity index (χ0) is 15.6. The molecule has 114 valence electrons. The molecule has 0 unspecified atom stereocenters. The van der Waals surface area contributed by atoms with Crippen molar-refractivity contribution in [3.05, 3.63) is 45.6 Å². The smallest absolute Gasteiger partial charge is 0.243 e. The van der Waals surface area contributed by atoms with Crippen LogP contribution in [0.1, 0.15) is 18.7 Å². The van der Waals surface area contributed by atoms with E-state index in [0.29, 0.717) is 11.6 Å². The monoisotopic (exact) mass is 344 g/mol. The van der Waals surface area contributed by atoms with E-state index in [4.69, 9.17) is 17.3 Å². The third kappa shape index (κ3) is 3.58. The highest BCUT2D eigenvalue weighted by Gasteiger charge is 2.27. The number of rotatable bonds is 5. The summed E-state index contributed by atoms with van der Waals surface area (Å²) in [5.41, 5.74) is 5.98. The van der Waals surface area contributed by atoms with Gasteiger partial charge in [-0.15, -0.1) is 11.3 Å². The Balaban J connectivity index is 2.39. The maximum Gasteiger partial charge on any atom is 0.243 e. The summed E-state index contributed by atoms with van der Waals surface area (Å²) in [4.78, 5) is 1.16. The summed E-state index contributed by atoms with van der Waals surface area (Å²) < 4.78 is 27.1. The van der Waals surface area contributed by atoms with Crippen LogP contribution in [0.3, 0.4) is 0 Å². The number of halogens is 1. The zero-order valence-corrected chi connectivity index (χ0v) is 14.2. The van der Waals surface area contributed by atoms with Crippen molar-refractivity contribution < 1.29 is 8.42 Å². The first-order valence-electron chi connectivity index (χ1n) is 6.41. The molecule has 0 fully saturated rings. The fourth-order valence-corrected chi connectivity index (χ4v) is 4.47. The third-order valence-corrected chi connectivity index (χ3v) is 6.26. The number of nitrogens with zero attached hydrogens (tertiary/aromatic N) is 1. The summed E-state index contributed by atoms with van der Waals surface area (Å²) in [6.45, 7) is 4.05. The van der Waals surface area contributed by atoms with Crippen molar-refractivity contribution in [3.8, 4) is 0 Å². The number of benzene rings is 1. The van der Waals surface area contributed by atoms with Gasteiger partial charge in [0, 0.05) is 17.5 Å². The van der Waals surface area contributed by atoms with Gasteiger partial charge in [-0.3, -0.25) is 0 Å². The van der Waals surface area contributed by atoms with Crippen molar-refractivity contribution in [2.45, 2.75) is 31.3 Å². The molecule has 1 heterocycles. The number of thiophene rings is 1. The van der Waals surface area contributed by atoms with E-state index in [-0.39, 0.29) is 16.6 Å². The minimum Gasteiger partial charge on any atom is -0.397 e. The average molecular weight is 345 g/mol. The van der Waals surface area contributed by atoms with Gasteiger partial charge in [0.05, 0.1) is 15.6 Å². The molecule has 4 nitrogen and oxygen atoms in total. The maximum atomic E-state index is 12.8. The van der Waals surface area contributed by atoms with Gasteiger partial charge >= 0.3 is 0 Å². The molecule has 0 bridgehead atoms. The van der Waals surface area contributed by atoms with E-state index in [2.05, 4.69) is 0 Å². The molecule has 21 heavy (non-hydrogen) atoms. The minimum absolute atomic E-state index is 0.158. The lowest BCUT2D eigenvalue weighted by atomic mass is 10.3. The van der Waals surface area contributed by atoms with Gasteiger partial charge in [0.2, 0.25) is 10.0 Å². The summed E-state index contributed by atoms with van der Waals surface area (Å²) in [6, 6.07) is 8.07. The standard InChI is InChI=1S/C14H17ClN2O2S2/c1-10(2)17(9-11-4-3-7-20-11)21(18,19)12-5-6-13(15)14(16)8-12/h3-8,10H,9,16H2,1-2H3. The van der Waals surface area contributed by atoms with Crippen LogP contribution in [0.25, 0.3) is 0 Å². The fourth-order valence-electron chi connectivity index (χ4n) is 1.92. The Morgan fingerprint density at radius 2 is 2.05 bits per heavy atom. The summed E-state index contributed by atoms with van der Waals surface area (Å²) in [6.07, 6.45) is 0. The molecule has 0 spiro atoms. The molecule has 2 aromatic rings. The molecule has 0 amide bonds. The first-order valence-corrected chi connectivity index (χ1v) is 9.11. The zero-order valence-electron chi connectivity index (χ0n) is 11.8. The lowest BCUT2D eigenvalue weighted by Gasteiger charge is -2.25. The molecule has 0 saturated heterocycles. The molecule has 0 aliphatic rings. The van der Waals surface area contributed by atoms with E-state index >= 15 is 0 Å². The van der Waals surface area contributed by atoms with Crippen LogP contribution in [0.4, 0.5) is 5.69 Å². The van der Waals surface area contributed by atoms with Gasteiger partial charge in [-0.25, -0.2) is 8.42 Å². The maximum absolute atomic E-state index is 12.8. The number of nitrogen functional groups attached to an aromatic ring is 1. The van der Waals surface area contributed by atoms with Gasteiger partial charge < -0.3 is 5.73 Å². The highest BCUT2D eigenvalue weighted by molar-refractivity contribution is 7.89. The quantitative estimate of drug-likeness (QED) is 0.843. The number of sulfonamides is 1. The summed E-state index contributed by atoms with van der Waals surface area (Å²) in [5, 5.41) is 2.28. The SMILES string of the molecule is CC(C)N(Cc1cccs1)S(=O)(=O)c1ccc(Cl)c(N)c1. The summed E-state index contributed by atoms with van der Waals surface area (Å²) >= 11 is 7.39. The lowest BCUT2D eigenvalue weighted by molar-refractivity contribution is 0.350. The van der Waals surface area contributed by atoms with Gasteiger partial charge in [0.25, 0.3) is 0 Å². The highest BCUT2D eigenvalue weighted by Crippen LogP contribution is 2.27. The Labute approximate surface area is 134 Å². The molecular weight excluding hydrogens is 328 g/mol. The highest BCUT2D eigenvalue weighted by atomic mass is 35.5. The first kappa shape index (κ1) is 16.3. The van der Waals surface area contributed by atoms with Crippen LogP contribution in [0, 0.1) is 0 Å². The molecule has 1 aromatic carbocycles. The fraction of sp³-hybridized carbons (Fsp3) is 0.286. The van der Waals surface area contributed by atoms with Crippen LogP contribution in [-0.2, 0) is 16.6 Å². The van der Waals surface area contributed by atoms with Crippen molar-refractivity contribution in [3.63, 3.8) is 0 Å². The van der Waals surface area contributed by atoms with Gasteiger partial charge in [-0.2, -0.15) is 4.31 Å². The van der Waals surface area contributed by atoms with E-state index in [9.17, 15) is 8.42 Å². The van der Waals surface area contributed by atoms with E-state index in [1.807, 2.05) is 31.4 Å². The second-order valence-electron chi connectivity index (χ2n) is 4.91. The second kappa shape index (κ2) is 6.36. The van der Waals surface area contributed by atoms with Crippen LogP contribution in [-0.4, -0.2) is 18.8 Å². The molecule has 0 atom stereocenters. The molecule has 7 heteroatoms. The van der Waals surface area contributed by atoms with Crippen LogP contribution in [0.15, 0.2) is 40.6 Å². The average Bonchev–Trinajstić information content (AvgIpc) is 2.91. The van der Waals surface area contributed by atoms with Crippen molar-refractivity contribution in [2.24, 2.45) is 0 Å². The van der Waals surface area contributed by atoms with Gasteiger partial charge in [-0.05, 0) is 43.5 Å². The van der Waals surface area contributed by atoms with Crippen LogP contribution >= 0.6 is 22.9 Å². The molecule has 0 saturated carbocycles. The van der Waals surface area contributed by atoms with Crippen molar-refractivity contribution in [2.75, 3.05) is 5.73 Å². The van der Waals surface area contributed by atoms with E-state index in [0.717, 1.165) is 4.88 Å².